The molecule has 0 aromatic carbocycles. The molecule has 1 fully saturated rings. The maximum atomic E-state index is 11.2. The van der Waals surface area contributed by atoms with Gasteiger partial charge in [0.2, 0.25) is 0 Å². The number of carboxylic acids is 1. The Morgan fingerprint density at radius 1 is 1.56 bits per heavy atom. The Hall–Kier alpha value is -2.22. The molecular weight excluding hydrogens is 238 g/mol. The molecule has 3 rings (SSSR count). The van der Waals surface area contributed by atoms with Gasteiger partial charge in [-0.15, -0.1) is 5.10 Å². The SMILES string of the molecule is Cn1nccc1-c1c(C(=O)O)nnn1C1COC1. The van der Waals surface area contributed by atoms with Crippen LogP contribution in [-0.2, 0) is 11.8 Å². The van der Waals surface area contributed by atoms with Gasteiger partial charge in [-0.1, -0.05) is 5.21 Å². The predicted molar refractivity (Wildman–Crippen MR) is 59.0 cm³/mol. The highest BCUT2D eigenvalue weighted by molar-refractivity contribution is 5.92. The number of nitrogens with zero attached hydrogens (tertiary/aromatic N) is 5. The van der Waals surface area contributed by atoms with Crippen LogP contribution in [0.15, 0.2) is 12.3 Å². The van der Waals surface area contributed by atoms with Crippen LogP contribution in [0, 0.1) is 0 Å². The molecule has 18 heavy (non-hydrogen) atoms. The van der Waals surface area contributed by atoms with Crippen molar-refractivity contribution in [2.75, 3.05) is 13.2 Å². The van der Waals surface area contributed by atoms with E-state index in [9.17, 15) is 4.79 Å². The van der Waals surface area contributed by atoms with E-state index in [2.05, 4.69) is 15.4 Å². The normalized spacial score (nSPS) is 15.6. The minimum absolute atomic E-state index is 0.0375. The summed E-state index contributed by atoms with van der Waals surface area (Å²) in [7, 11) is 1.75. The van der Waals surface area contributed by atoms with Crippen molar-refractivity contribution in [3.8, 4) is 11.4 Å². The molecule has 8 heteroatoms. The van der Waals surface area contributed by atoms with Gasteiger partial charge in [0.15, 0.2) is 5.69 Å². The first-order valence-corrected chi connectivity index (χ1v) is 5.43. The van der Waals surface area contributed by atoms with Crippen LogP contribution < -0.4 is 0 Å². The average Bonchev–Trinajstić information content (AvgIpc) is 2.81. The molecule has 0 saturated carbocycles. The minimum Gasteiger partial charge on any atom is -0.476 e. The molecule has 0 aliphatic carbocycles. The van der Waals surface area contributed by atoms with E-state index < -0.39 is 5.97 Å². The van der Waals surface area contributed by atoms with Gasteiger partial charge < -0.3 is 9.84 Å². The van der Waals surface area contributed by atoms with E-state index in [0.717, 1.165) is 0 Å². The van der Waals surface area contributed by atoms with Gasteiger partial charge in [0.05, 0.1) is 18.9 Å². The van der Waals surface area contributed by atoms with E-state index in [1.807, 2.05) is 0 Å². The summed E-state index contributed by atoms with van der Waals surface area (Å²) in [5, 5.41) is 20.9. The maximum absolute atomic E-state index is 11.2. The summed E-state index contributed by atoms with van der Waals surface area (Å²) in [6.07, 6.45) is 1.61. The topological polar surface area (TPSA) is 95.1 Å². The third kappa shape index (κ3) is 1.50. The zero-order valence-corrected chi connectivity index (χ0v) is 9.65. The molecule has 0 unspecified atom stereocenters. The van der Waals surface area contributed by atoms with E-state index in [4.69, 9.17) is 9.84 Å². The molecule has 8 nitrogen and oxygen atoms in total. The Bertz CT molecular complexity index is 598. The van der Waals surface area contributed by atoms with Gasteiger partial charge in [-0.05, 0) is 6.07 Å². The van der Waals surface area contributed by atoms with Crippen molar-refractivity contribution in [2.45, 2.75) is 6.04 Å². The summed E-state index contributed by atoms with van der Waals surface area (Å²) < 4.78 is 8.30. The molecule has 0 spiro atoms. The lowest BCUT2D eigenvalue weighted by Crippen LogP contribution is -2.32. The molecule has 0 amide bonds. The zero-order valence-electron chi connectivity index (χ0n) is 9.65. The van der Waals surface area contributed by atoms with Crippen LogP contribution >= 0.6 is 0 Å². The van der Waals surface area contributed by atoms with Gasteiger partial charge in [-0.2, -0.15) is 5.10 Å². The minimum atomic E-state index is -1.10. The molecule has 2 aromatic rings. The number of rotatable bonds is 3. The molecule has 2 aromatic heterocycles. The second-order valence-corrected chi connectivity index (χ2v) is 4.07. The quantitative estimate of drug-likeness (QED) is 0.819. The van der Waals surface area contributed by atoms with Gasteiger partial charge >= 0.3 is 5.97 Å². The summed E-state index contributed by atoms with van der Waals surface area (Å²) in [4.78, 5) is 11.2. The number of aromatic carboxylic acids is 1. The Labute approximate surface area is 102 Å². The highest BCUT2D eigenvalue weighted by atomic mass is 16.5. The van der Waals surface area contributed by atoms with Crippen LogP contribution in [0.1, 0.15) is 16.5 Å². The number of aromatic nitrogens is 5. The predicted octanol–water partition coefficient (Wildman–Crippen LogP) is -0.0519. The fourth-order valence-corrected chi connectivity index (χ4v) is 1.90. The maximum Gasteiger partial charge on any atom is 0.358 e. The molecule has 1 N–H and O–H groups in total. The van der Waals surface area contributed by atoms with E-state index in [-0.39, 0.29) is 11.7 Å². The van der Waals surface area contributed by atoms with Crippen molar-refractivity contribution in [1.82, 2.24) is 24.8 Å². The molecule has 0 atom stereocenters. The third-order valence-electron chi connectivity index (χ3n) is 2.93. The molecule has 94 valence electrons. The lowest BCUT2D eigenvalue weighted by atomic mass is 10.2. The van der Waals surface area contributed by atoms with E-state index in [0.29, 0.717) is 24.6 Å². The van der Waals surface area contributed by atoms with Gasteiger partial charge in [-0.25, -0.2) is 9.48 Å². The van der Waals surface area contributed by atoms with Gasteiger partial charge in [0.25, 0.3) is 0 Å². The Kier molecular flexibility index (Phi) is 2.37. The fraction of sp³-hybridized carbons (Fsp3) is 0.400. The van der Waals surface area contributed by atoms with Gasteiger partial charge in [-0.3, -0.25) is 4.68 Å². The number of aryl methyl sites for hydroxylation is 1. The lowest BCUT2D eigenvalue weighted by molar-refractivity contribution is -0.0286. The first kappa shape index (κ1) is 10.9. The van der Waals surface area contributed by atoms with Gasteiger partial charge in [0.1, 0.15) is 11.7 Å². The van der Waals surface area contributed by atoms with Gasteiger partial charge in [0, 0.05) is 13.2 Å². The highest BCUT2D eigenvalue weighted by Gasteiger charge is 2.30. The van der Waals surface area contributed by atoms with E-state index in [1.54, 1.807) is 28.7 Å². The van der Waals surface area contributed by atoms with Crippen molar-refractivity contribution >= 4 is 5.97 Å². The lowest BCUT2D eigenvalue weighted by Gasteiger charge is -2.27. The molecule has 1 aliphatic heterocycles. The number of hydrogen-bond donors (Lipinski definition) is 1. The standard InChI is InChI=1S/C10H11N5O3/c1-14-7(2-3-11-14)9-8(10(16)17)12-13-15(9)6-4-18-5-6/h2-3,6H,4-5H2,1H3,(H,16,17). The highest BCUT2D eigenvalue weighted by Crippen LogP contribution is 2.27. The number of carbonyl (C=O) groups is 1. The largest absolute Gasteiger partial charge is 0.476 e. The number of ether oxygens (including phenoxy) is 1. The average molecular weight is 249 g/mol. The van der Waals surface area contributed by atoms with Crippen molar-refractivity contribution in [1.29, 1.82) is 0 Å². The number of carboxylic acid groups (broad SMARTS) is 1. The van der Waals surface area contributed by atoms with Crippen LogP contribution in [0.2, 0.25) is 0 Å². The van der Waals surface area contributed by atoms with Crippen LogP contribution in [0.25, 0.3) is 11.4 Å². The summed E-state index contributed by atoms with van der Waals surface area (Å²) in [5.74, 6) is -1.10. The summed E-state index contributed by atoms with van der Waals surface area (Å²) in [5.41, 5.74) is 1.07. The first-order valence-electron chi connectivity index (χ1n) is 5.43. The molecule has 1 aliphatic rings. The summed E-state index contributed by atoms with van der Waals surface area (Å²) >= 11 is 0. The summed E-state index contributed by atoms with van der Waals surface area (Å²) in [6, 6.07) is 1.77. The van der Waals surface area contributed by atoms with Crippen molar-refractivity contribution in [3.63, 3.8) is 0 Å². The Morgan fingerprint density at radius 2 is 2.33 bits per heavy atom. The van der Waals surface area contributed by atoms with E-state index >= 15 is 0 Å². The Morgan fingerprint density at radius 3 is 2.83 bits per heavy atom. The third-order valence-corrected chi connectivity index (χ3v) is 2.93. The van der Waals surface area contributed by atoms with Crippen LogP contribution in [-0.4, -0.2) is 49.1 Å². The second-order valence-electron chi connectivity index (χ2n) is 4.07. The molecule has 0 bridgehead atoms. The Balaban J connectivity index is 2.17. The summed E-state index contributed by atoms with van der Waals surface area (Å²) in [6.45, 7) is 1.04. The van der Waals surface area contributed by atoms with Crippen molar-refractivity contribution in [3.05, 3.63) is 18.0 Å². The smallest absolute Gasteiger partial charge is 0.358 e. The monoisotopic (exact) mass is 249 g/mol. The van der Waals surface area contributed by atoms with Crippen molar-refractivity contribution < 1.29 is 14.6 Å². The molecule has 3 heterocycles. The number of hydrogen-bond acceptors (Lipinski definition) is 5. The van der Waals surface area contributed by atoms with Crippen LogP contribution in [0.4, 0.5) is 0 Å². The fourth-order valence-electron chi connectivity index (χ4n) is 1.90. The van der Waals surface area contributed by atoms with Crippen molar-refractivity contribution in [2.24, 2.45) is 7.05 Å². The molecule has 0 radical (unpaired) electrons. The van der Waals surface area contributed by atoms with Crippen LogP contribution in [0.3, 0.4) is 0 Å². The molecule has 1 saturated heterocycles. The zero-order chi connectivity index (χ0) is 12.7. The molecular formula is C10H11N5O3. The van der Waals surface area contributed by atoms with E-state index in [1.165, 1.54) is 0 Å². The van der Waals surface area contributed by atoms with Crippen LogP contribution in [0.5, 0.6) is 0 Å². The second kappa shape index (κ2) is 3.91. The first-order chi connectivity index (χ1) is 8.68.